The zero-order valence-electron chi connectivity index (χ0n) is 31.0. The lowest BCUT2D eigenvalue weighted by Crippen LogP contribution is -2.54. The lowest BCUT2D eigenvalue weighted by molar-refractivity contribution is -0.141. The molecule has 1 N–H and O–H groups in total. The molecule has 4 aromatic carbocycles. The molecule has 56 heavy (non-hydrogen) atoms. The second-order valence-electron chi connectivity index (χ2n) is 13.6. The molecule has 292 valence electrons. The molecule has 13 heteroatoms. The standard InChI is InChI=1S/C22H23NO4S.C21H21NO5S/c1-3-14-23-15-12-22(13-16-23,18(2)24)28(25,26)21-11-7-10-20(17-21)27-19-8-5-4-6-9-19;1-2-13-22-14-11-21(12-15-22,20(23)24)28(25,26)19-10-6-9-18(16-19)27-17-7-4-3-5-8-17/h1,4-11,17H,12-16H2,2H3;1,3-10,16H,11-15H2,(H,23,24). The van der Waals surface area contributed by atoms with Gasteiger partial charge in [-0.2, -0.15) is 0 Å². The summed E-state index contributed by atoms with van der Waals surface area (Å²) < 4.78 is 61.8. The third-order valence-corrected chi connectivity index (χ3v) is 15.3. The Balaban J connectivity index is 0.000000214. The molecule has 0 unspecified atom stereocenters. The Morgan fingerprint density at radius 2 is 0.964 bits per heavy atom. The number of para-hydroxylation sites is 2. The van der Waals surface area contributed by atoms with E-state index in [9.17, 15) is 31.5 Å². The summed E-state index contributed by atoms with van der Waals surface area (Å²) in [4.78, 5) is 28.5. The summed E-state index contributed by atoms with van der Waals surface area (Å²) in [6, 6.07) is 30.4. The first kappa shape index (κ1) is 41.7. The second-order valence-corrected chi connectivity index (χ2v) is 18.1. The second kappa shape index (κ2) is 18.0. The number of hydrogen-bond donors (Lipinski definition) is 1. The quantitative estimate of drug-likeness (QED) is 0.166. The molecule has 2 fully saturated rings. The molecule has 2 aliphatic heterocycles. The first-order valence-electron chi connectivity index (χ1n) is 18.0. The highest BCUT2D eigenvalue weighted by molar-refractivity contribution is 7.94. The molecule has 0 bridgehead atoms. The molecule has 6 rings (SSSR count). The Hall–Kier alpha value is -5.44. The first-order valence-corrected chi connectivity index (χ1v) is 21.0. The van der Waals surface area contributed by atoms with Crippen molar-refractivity contribution in [2.75, 3.05) is 39.3 Å². The summed E-state index contributed by atoms with van der Waals surface area (Å²) in [5, 5.41) is 9.84. The number of ketones is 1. The first-order chi connectivity index (χ1) is 26.8. The zero-order chi connectivity index (χ0) is 40.4. The zero-order valence-corrected chi connectivity index (χ0v) is 32.7. The van der Waals surface area contributed by atoms with E-state index in [0.717, 1.165) is 0 Å². The van der Waals surface area contributed by atoms with Gasteiger partial charge in [0.1, 0.15) is 27.7 Å². The van der Waals surface area contributed by atoms with Gasteiger partial charge in [0, 0.05) is 26.2 Å². The van der Waals surface area contributed by atoms with Crippen LogP contribution < -0.4 is 9.47 Å². The van der Waals surface area contributed by atoms with Gasteiger partial charge < -0.3 is 14.6 Å². The molecular formula is C43H44N2O9S2. The van der Waals surface area contributed by atoms with Crippen LogP contribution >= 0.6 is 0 Å². The summed E-state index contributed by atoms with van der Waals surface area (Å²) in [7, 11) is -8.02. The van der Waals surface area contributed by atoms with E-state index in [1.165, 1.54) is 31.2 Å². The lowest BCUT2D eigenvalue weighted by atomic mass is 9.92. The van der Waals surface area contributed by atoms with Crippen LogP contribution in [0.4, 0.5) is 0 Å². The SMILES string of the molecule is C#CCN1CCC(C(=O)O)(S(=O)(=O)c2cccc(Oc3ccccc3)c2)CC1.C#CCN1CCC(C(C)=O)(S(=O)(=O)c2cccc(Oc3ccccc3)c2)CC1. The summed E-state index contributed by atoms with van der Waals surface area (Å²) in [6.45, 7) is 3.77. The smallest absolute Gasteiger partial charge is 0.325 e. The van der Waals surface area contributed by atoms with Crippen molar-refractivity contribution in [1.29, 1.82) is 0 Å². The normalized spacial score (nSPS) is 16.8. The maximum absolute atomic E-state index is 13.5. The number of benzene rings is 4. The Morgan fingerprint density at radius 1 is 0.607 bits per heavy atom. The number of terminal acetylenes is 2. The van der Waals surface area contributed by atoms with Crippen molar-refractivity contribution in [3.63, 3.8) is 0 Å². The highest BCUT2D eigenvalue weighted by atomic mass is 32.2. The number of nitrogens with zero attached hydrogens (tertiary/aromatic N) is 2. The Bertz CT molecular complexity index is 2140. The highest BCUT2D eigenvalue weighted by Crippen LogP contribution is 2.39. The molecule has 0 atom stereocenters. The number of likely N-dealkylation sites (tertiary alicyclic amines) is 2. The Morgan fingerprint density at radius 3 is 1.32 bits per heavy atom. The maximum Gasteiger partial charge on any atom is 0.325 e. The van der Waals surface area contributed by atoms with Gasteiger partial charge in [-0.25, -0.2) is 16.8 Å². The van der Waals surface area contributed by atoms with Crippen molar-refractivity contribution in [2.24, 2.45) is 0 Å². The van der Waals surface area contributed by atoms with E-state index in [4.69, 9.17) is 22.3 Å². The number of rotatable bonds is 12. The fourth-order valence-electron chi connectivity index (χ4n) is 6.92. The number of carbonyl (C=O) groups excluding carboxylic acids is 1. The van der Waals surface area contributed by atoms with Crippen molar-refractivity contribution in [3.8, 4) is 47.7 Å². The van der Waals surface area contributed by atoms with Gasteiger partial charge in [0.05, 0.1) is 22.9 Å². The number of sulfone groups is 2. The van der Waals surface area contributed by atoms with Crippen LogP contribution in [0.1, 0.15) is 32.6 Å². The number of carbonyl (C=O) groups is 2. The molecule has 0 amide bonds. The molecule has 2 heterocycles. The molecule has 0 saturated carbocycles. The lowest BCUT2D eigenvalue weighted by Gasteiger charge is -2.38. The fourth-order valence-corrected chi connectivity index (χ4v) is 10.9. The predicted molar refractivity (Wildman–Crippen MR) is 213 cm³/mol. The summed E-state index contributed by atoms with van der Waals surface area (Å²) in [5.41, 5.74) is 0. The van der Waals surface area contributed by atoms with Crippen LogP contribution in [0.15, 0.2) is 119 Å². The minimum Gasteiger partial charge on any atom is -0.480 e. The molecular weight excluding hydrogens is 753 g/mol. The van der Waals surface area contributed by atoms with Gasteiger partial charge in [0.2, 0.25) is 0 Å². The molecule has 2 saturated heterocycles. The predicted octanol–water partition coefficient (Wildman–Crippen LogP) is 6.11. The number of aliphatic carboxylic acids is 1. The van der Waals surface area contributed by atoms with Crippen LogP contribution in [0.25, 0.3) is 0 Å². The van der Waals surface area contributed by atoms with Gasteiger partial charge in [0.15, 0.2) is 30.2 Å². The van der Waals surface area contributed by atoms with E-state index in [2.05, 4.69) is 11.8 Å². The van der Waals surface area contributed by atoms with E-state index in [-0.39, 0.29) is 41.3 Å². The van der Waals surface area contributed by atoms with E-state index < -0.39 is 35.1 Å². The maximum atomic E-state index is 13.5. The van der Waals surface area contributed by atoms with Crippen molar-refractivity contribution in [1.82, 2.24) is 9.80 Å². The van der Waals surface area contributed by atoms with Gasteiger partial charge >= 0.3 is 5.97 Å². The van der Waals surface area contributed by atoms with E-state index in [1.807, 2.05) is 34.1 Å². The van der Waals surface area contributed by atoms with Gasteiger partial charge in [-0.3, -0.25) is 19.4 Å². The number of Topliss-reactive ketones (excluding diaryl/α,β-unsaturated/α-hetero) is 1. The molecule has 2 aliphatic rings. The van der Waals surface area contributed by atoms with Crippen LogP contribution in [-0.2, 0) is 29.3 Å². The van der Waals surface area contributed by atoms with Crippen LogP contribution in [0, 0.1) is 24.7 Å². The van der Waals surface area contributed by atoms with Gasteiger partial charge in [-0.1, -0.05) is 60.4 Å². The number of hydrogen-bond acceptors (Lipinski definition) is 10. The van der Waals surface area contributed by atoms with Gasteiger partial charge in [0.25, 0.3) is 0 Å². The third kappa shape index (κ3) is 8.99. The monoisotopic (exact) mass is 796 g/mol. The van der Waals surface area contributed by atoms with Gasteiger partial charge in [-0.05, 0) is 93.3 Å². The largest absolute Gasteiger partial charge is 0.480 e. The molecule has 11 nitrogen and oxygen atoms in total. The minimum atomic E-state index is -4.13. The van der Waals surface area contributed by atoms with Crippen LogP contribution in [0.2, 0.25) is 0 Å². The minimum absolute atomic E-state index is 0.0177. The molecule has 4 aromatic rings. The Kier molecular flexibility index (Phi) is 13.4. The average molecular weight is 797 g/mol. The van der Waals surface area contributed by atoms with Crippen molar-refractivity contribution >= 4 is 31.4 Å². The van der Waals surface area contributed by atoms with Crippen LogP contribution in [-0.4, -0.2) is 92.3 Å². The van der Waals surface area contributed by atoms with E-state index in [0.29, 0.717) is 62.3 Å². The topological polar surface area (TPSA) is 148 Å². The number of piperidine rings is 2. The number of carboxylic acid groups (broad SMARTS) is 1. The van der Waals surface area contributed by atoms with Crippen molar-refractivity contribution in [3.05, 3.63) is 109 Å². The Labute approximate surface area is 329 Å². The number of ether oxygens (including phenoxy) is 2. The average Bonchev–Trinajstić information content (AvgIpc) is 3.20. The number of carboxylic acids is 1. The van der Waals surface area contributed by atoms with Crippen molar-refractivity contribution in [2.45, 2.75) is 51.9 Å². The van der Waals surface area contributed by atoms with E-state index in [1.54, 1.807) is 60.7 Å². The third-order valence-electron chi connectivity index (χ3n) is 10.2. The van der Waals surface area contributed by atoms with Crippen molar-refractivity contribution < 1.29 is 41.0 Å². The van der Waals surface area contributed by atoms with Crippen LogP contribution in [0.5, 0.6) is 23.0 Å². The molecule has 0 aromatic heterocycles. The summed E-state index contributed by atoms with van der Waals surface area (Å²) in [5.74, 6) is 5.33. The van der Waals surface area contributed by atoms with Gasteiger partial charge in [-0.15, -0.1) is 12.8 Å². The molecule has 0 radical (unpaired) electrons. The molecule has 0 aliphatic carbocycles. The highest BCUT2D eigenvalue weighted by Gasteiger charge is 2.53. The summed E-state index contributed by atoms with van der Waals surface area (Å²) in [6.07, 6.45) is 11.1. The molecule has 0 spiro atoms. The fraction of sp³-hybridized carbons (Fsp3) is 0.302. The van der Waals surface area contributed by atoms with Crippen LogP contribution in [0.3, 0.4) is 0 Å². The van der Waals surface area contributed by atoms with E-state index >= 15 is 0 Å². The summed E-state index contributed by atoms with van der Waals surface area (Å²) >= 11 is 0.